The lowest BCUT2D eigenvalue weighted by Gasteiger charge is -2.04. The van der Waals surface area contributed by atoms with Crippen LogP contribution in [0.5, 0.6) is 0 Å². The molecule has 0 saturated carbocycles. The van der Waals surface area contributed by atoms with Crippen molar-refractivity contribution in [2.45, 2.75) is 19.0 Å². The van der Waals surface area contributed by atoms with Crippen LogP contribution >= 0.6 is 11.8 Å². The molecule has 0 spiro atoms. The highest BCUT2D eigenvalue weighted by Crippen LogP contribution is 2.33. The second kappa shape index (κ2) is 7.19. The minimum absolute atomic E-state index is 0.0290. The van der Waals surface area contributed by atoms with Crippen molar-refractivity contribution in [3.05, 3.63) is 34.5 Å². The lowest BCUT2D eigenvalue weighted by atomic mass is 10.00. The molecule has 0 saturated heterocycles. The van der Waals surface area contributed by atoms with E-state index in [2.05, 4.69) is 20.3 Å². The third-order valence-electron chi connectivity index (χ3n) is 4.01. The second-order valence-electron chi connectivity index (χ2n) is 5.87. The fourth-order valence-electron chi connectivity index (χ4n) is 2.77. The average Bonchev–Trinajstić information content (AvgIpc) is 3.17. The number of rotatable bonds is 6. The zero-order chi connectivity index (χ0) is 19.7. The van der Waals surface area contributed by atoms with Crippen molar-refractivity contribution in [1.82, 2.24) is 25.0 Å². The molecule has 3 aromatic rings. The van der Waals surface area contributed by atoms with E-state index in [1.165, 1.54) is 6.07 Å². The Morgan fingerprint density at radius 2 is 1.96 bits per heavy atom. The van der Waals surface area contributed by atoms with Gasteiger partial charge in [0.1, 0.15) is 0 Å². The SMILES string of the molecule is Cc1nn(C)c(C)c1-c1cc(-c2nnc(SCC(=O)O)[nH]2)cc([N+](=O)O)c1. The fourth-order valence-corrected chi connectivity index (χ4v) is 3.29. The Morgan fingerprint density at radius 3 is 2.56 bits per heavy atom. The van der Waals surface area contributed by atoms with Crippen molar-refractivity contribution in [2.75, 3.05) is 5.75 Å². The van der Waals surface area contributed by atoms with Crippen LogP contribution in [0.4, 0.5) is 5.69 Å². The number of carbonyl (C=O) groups is 1. The zero-order valence-corrected chi connectivity index (χ0v) is 15.6. The maximum Gasteiger partial charge on any atom is 0.317 e. The van der Waals surface area contributed by atoms with Gasteiger partial charge in [-0.1, -0.05) is 11.8 Å². The number of aromatic amines is 1. The van der Waals surface area contributed by atoms with Gasteiger partial charge in [-0.15, -0.1) is 10.2 Å². The van der Waals surface area contributed by atoms with Crippen molar-refractivity contribution < 1.29 is 20.0 Å². The summed E-state index contributed by atoms with van der Waals surface area (Å²) in [7, 11) is 1.82. The van der Waals surface area contributed by atoms with Crippen molar-refractivity contribution in [1.29, 1.82) is 0 Å². The highest BCUT2D eigenvalue weighted by atomic mass is 32.2. The first-order chi connectivity index (χ1) is 12.8. The number of hydrogen-bond donors (Lipinski definition) is 3. The molecule has 140 valence electrons. The molecule has 2 heterocycles. The van der Waals surface area contributed by atoms with Gasteiger partial charge in [-0.3, -0.25) is 9.48 Å². The van der Waals surface area contributed by atoms with Gasteiger partial charge in [0, 0.05) is 36.0 Å². The van der Waals surface area contributed by atoms with Crippen LogP contribution in [0.2, 0.25) is 0 Å². The predicted octanol–water partition coefficient (Wildman–Crippen LogP) is 2.47. The van der Waals surface area contributed by atoms with Gasteiger partial charge in [0.15, 0.2) is 11.0 Å². The van der Waals surface area contributed by atoms with Gasteiger partial charge in [-0.25, -0.2) is 5.21 Å². The summed E-state index contributed by atoms with van der Waals surface area (Å²) in [5, 5.41) is 30.8. The molecule has 1 aromatic carbocycles. The Morgan fingerprint density at radius 1 is 1.26 bits per heavy atom. The standard InChI is InChI=1S/C16H16N6O4S/c1-8-14(9(2)21(3)20-8)10-4-11(6-12(5-10)22(25)26)15-17-16(19-18-15)27-7-13(23)24/h4-6H,7H2,1-3H3,(H2-,17,18,19,23,24,25,26)/p+1. The summed E-state index contributed by atoms with van der Waals surface area (Å²) in [5.41, 5.74) is 3.78. The molecule has 0 unspecified atom stereocenters. The van der Waals surface area contributed by atoms with E-state index in [0.717, 1.165) is 28.7 Å². The molecular formula is C16H17N6O4S+. The van der Waals surface area contributed by atoms with Crippen molar-refractivity contribution in [3.63, 3.8) is 0 Å². The maximum atomic E-state index is 11.5. The summed E-state index contributed by atoms with van der Waals surface area (Å²) >= 11 is 1.000. The van der Waals surface area contributed by atoms with Crippen LogP contribution in [0.1, 0.15) is 11.4 Å². The summed E-state index contributed by atoms with van der Waals surface area (Å²) in [6.07, 6.45) is 0. The number of benzene rings is 1. The van der Waals surface area contributed by atoms with Gasteiger partial charge in [0.25, 0.3) is 4.92 Å². The van der Waals surface area contributed by atoms with Crippen LogP contribution in [0.25, 0.3) is 22.5 Å². The third-order valence-corrected chi connectivity index (χ3v) is 4.86. The number of nitrogens with zero attached hydrogens (tertiary/aromatic N) is 5. The number of hydrogen-bond acceptors (Lipinski definition) is 6. The topological polar surface area (TPSA) is 137 Å². The highest BCUT2D eigenvalue weighted by molar-refractivity contribution is 7.99. The van der Waals surface area contributed by atoms with Gasteiger partial charge >= 0.3 is 11.7 Å². The summed E-state index contributed by atoms with van der Waals surface area (Å²) in [6.45, 7) is 3.77. The number of aryl methyl sites for hydroxylation is 2. The number of aromatic nitrogens is 5. The lowest BCUT2D eigenvalue weighted by Crippen LogP contribution is -1.97. The predicted molar refractivity (Wildman–Crippen MR) is 96.9 cm³/mol. The first kappa shape index (κ1) is 18.6. The largest absolute Gasteiger partial charge is 0.481 e. The van der Waals surface area contributed by atoms with E-state index in [-0.39, 0.29) is 16.4 Å². The molecule has 27 heavy (non-hydrogen) atoms. The van der Waals surface area contributed by atoms with Crippen LogP contribution in [-0.4, -0.2) is 51.9 Å². The average molecular weight is 389 g/mol. The molecule has 0 aliphatic carbocycles. The minimum atomic E-state index is -0.966. The Kier molecular flexibility index (Phi) is 4.95. The molecule has 2 aromatic heterocycles. The molecule has 11 heteroatoms. The maximum absolute atomic E-state index is 11.5. The van der Waals surface area contributed by atoms with Crippen molar-refractivity contribution >= 4 is 23.4 Å². The molecule has 0 aliphatic rings. The highest BCUT2D eigenvalue weighted by Gasteiger charge is 2.21. The number of carboxylic acids is 1. The summed E-state index contributed by atoms with van der Waals surface area (Å²) in [5.74, 6) is -0.766. The first-order valence-corrected chi connectivity index (χ1v) is 8.84. The Bertz CT molecular complexity index is 1040. The molecule has 3 rings (SSSR count). The molecule has 0 bridgehead atoms. The number of aliphatic carboxylic acids is 1. The van der Waals surface area contributed by atoms with Gasteiger partial charge in [0.05, 0.1) is 16.4 Å². The molecule has 0 aliphatic heterocycles. The van der Waals surface area contributed by atoms with E-state index in [1.807, 2.05) is 20.9 Å². The van der Waals surface area contributed by atoms with Crippen LogP contribution in [0, 0.1) is 18.8 Å². The summed E-state index contributed by atoms with van der Waals surface area (Å²) < 4.78 is 1.74. The van der Waals surface area contributed by atoms with Gasteiger partial charge in [-0.05, 0) is 25.5 Å². The number of nitrogens with one attached hydrogen (secondary N) is 1. The Balaban J connectivity index is 2.07. The number of thioether (sulfide) groups is 1. The minimum Gasteiger partial charge on any atom is -0.481 e. The Hall–Kier alpha value is -3.21. The molecule has 10 nitrogen and oxygen atoms in total. The second-order valence-corrected chi connectivity index (χ2v) is 6.84. The quantitative estimate of drug-likeness (QED) is 0.432. The molecule has 0 radical (unpaired) electrons. The van der Waals surface area contributed by atoms with E-state index in [4.69, 9.17) is 5.11 Å². The molecule has 0 atom stereocenters. The molecule has 0 fully saturated rings. The van der Waals surface area contributed by atoms with Crippen LogP contribution in [0.15, 0.2) is 23.4 Å². The van der Waals surface area contributed by atoms with E-state index in [1.54, 1.807) is 16.8 Å². The van der Waals surface area contributed by atoms with Crippen LogP contribution in [0.3, 0.4) is 0 Å². The summed E-state index contributed by atoms with van der Waals surface area (Å²) in [6, 6.07) is 4.82. The smallest absolute Gasteiger partial charge is 0.317 e. The van der Waals surface area contributed by atoms with Gasteiger partial charge < -0.3 is 10.1 Å². The molecular weight excluding hydrogens is 372 g/mol. The summed E-state index contributed by atoms with van der Waals surface area (Å²) in [4.78, 5) is 24.9. The molecule has 0 amide bonds. The van der Waals surface area contributed by atoms with E-state index in [9.17, 15) is 14.9 Å². The van der Waals surface area contributed by atoms with E-state index < -0.39 is 5.97 Å². The van der Waals surface area contributed by atoms with Crippen LogP contribution in [-0.2, 0) is 11.8 Å². The Labute approximate surface area is 157 Å². The number of H-pyrrole nitrogens is 1. The van der Waals surface area contributed by atoms with Gasteiger partial charge in [-0.2, -0.15) is 5.10 Å². The fraction of sp³-hybridized carbons (Fsp3) is 0.250. The van der Waals surface area contributed by atoms with Crippen molar-refractivity contribution in [2.24, 2.45) is 7.05 Å². The lowest BCUT2D eigenvalue weighted by molar-refractivity contribution is -0.729. The third kappa shape index (κ3) is 3.82. The first-order valence-electron chi connectivity index (χ1n) is 7.85. The van der Waals surface area contributed by atoms with E-state index >= 15 is 0 Å². The number of carboxylic acid groups (broad SMARTS) is 1. The monoisotopic (exact) mass is 389 g/mol. The van der Waals surface area contributed by atoms with E-state index in [0.29, 0.717) is 22.1 Å². The van der Waals surface area contributed by atoms with Gasteiger partial charge in [0.2, 0.25) is 0 Å². The molecule has 3 N–H and O–H groups in total. The zero-order valence-electron chi connectivity index (χ0n) is 14.8. The van der Waals surface area contributed by atoms with Crippen LogP contribution < -0.4 is 0 Å². The van der Waals surface area contributed by atoms with Crippen molar-refractivity contribution in [3.8, 4) is 22.5 Å². The normalized spacial score (nSPS) is 10.9.